The lowest BCUT2D eigenvalue weighted by molar-refractivity contribution is -0.129. The Labute approximate surface area is 217 Å². The van der Waals surface area contributed by atoms with Crippen LogP contribution in [0.4, 0.5) is 10.9 Å². The summed E-state index contributed by atoms with van der Waals surface area (Å²) in [6.07, 6.45) is 4.67. The summed E-state index contributed by atoms with van der Waals surface area (Å²) in [5.41, 5.74) is 1.36. The molecule has 1 aliphatic heterocycles. The molecule has 0 spiro atoms. The number of piperazine rings is 1. The van der Waals surface area contributed by atoms with Gasteiger partial charge in [0.2, 0.25) is 5.91 Å². The summed E-state index contributed by atoms with van der Waals surface area (Å²) in [5, 5.41) is 13.5. The van der Waals surface area contributed by atoms with Gasteiger partial charge in [-0.2, -0.15) is 5.26 Å². The third-order valence-corrected chi connectivity index (χ3v) is 7.77. The number of nitriles is 1. The molecule has 3 heterocycles. The maximum absolute atomic E-state index is 13.5. The number of hydrogen-bond acceptors (Lipinski definition) is 9. The highest BCUT2D eigenvalue weighted by Gasteiger charge is 2.33. The molecule has 0 unspecified atom stereocenters. The van der Waals surface area contributed by atoms with Crippen LogP contribution in [0.15, 0.2) is 64.5 Å². The summed E-state index contributed by atoms with van der Waals surface area (Å²) in [5.74, 6) is 0.604. The van der Waals surface area contributed by atoms with Gasteiger partial charge in [-0.3, -0.25) is 9.59 Å². The molecule has 9 nitrogen and oxygen atoms in total. The van der Waals surface area contributed by atoms with Crippen molar-refractivity contribution in [1.29, 1.82) is 5.26 Å². The third kappa shape index (κ3) is 5.50. The smallest absolute Gasteiger partial charge is 0.257 e. The first-order chi connectivity index (χ1) is 17.4. The van der Waals surface area contributed by atoms with Crippen LogP contribution in [-0.2, 0) is 4.79 Å². The van der Waals surface area contributed by atoms with Crippen molar-refractivity contribution < 1.29 is 14.3 Å². The number of thiazole rings is 1. The van der Waals surface area contributed by atoms with Crippen LogP contribution in [0, 0.1) is 18.3 Å². The lowest BCUT2D eigenvalue weighted by atomic mass is 10.1. The van der Waals surface area contributed by atoms with Crippen molar-refractivity contribution in [3.05, 3.63) is 66.5 Å². The molecular formula is C25H24N6O3S2. The van der Waals surface area contributed by atoms with Gasteiger partial charge in [-0.1, -0.05) is 35.7 Å². The predicted octanol–water partition coefficient (Wildman–Crippen LogP) is 4.11. The maximum atomic E-state index is 13.5. The van der Waals surface area contributed by atoms with Crippen molar-refractivity contribution >= 4 is 45.9 Å². The summed E-state index contributed by atoms with van der Waals surface area (Å²) in [7, 11) is 1.52. The lowest BCUT2D eigenvalue weighted by Crippen LogP contribution is -2.55. The highest BCUT2D eigenvalue weighted by Crippen LogP contribution is 2.39. The fourth-order valence-electron chi connectivity index (χ4n) is 3.76. The number of nitrogens with one attached hydrogen (secondary N) is 1. The maximum Gasteiger partial charge on any atom is 0.257 e. The molecule has 1 N–H and O–H groups in total. The van der Waals surface area contributed by atoms with Gasteiger partial charge in [0.1, 0.15) is 17.6 Å². The molecule has 2 amide bonds. The summed E-state index contributed by atoms with van der Waals surface area (Å²) in [6, 6.07) is 10.6. The average molecular weight is 521 g/mol. The van der Waals surface area contributed by atoms with E-state index >= 15 is 0 Å². The number of ether oxygens (including phenoxy) is 1. The van der Waals surface area contributed by atoms with Crippen molar-refractivity contribution in [3.63, 3.8) is 0 Å². The van der Waals surface area contributed by atoms with E-state index < -0.39 is 6.04 Å². The third-order valence-electron chi connectivity index (χ3n) is 5.60. The van der Waals surface area contributed by atoms with Crippen molar-refractivity contribution in [2.75, 3.05) is 32.1 Å². The van der Waals surface area contributed by atoms with E-state index in [2.05, 4.69) is 27.9 Å². The lowest BCUT2D eigenvalue weighted by Gasteiger charge is -2.38. The molecule has 11 heteroatoms. The number of aryl methyl sites for hydroxylation is 1. The normalized spacial score (nSPS) is 15.2. The highest BCUT2D eigenvalue weighted by molar-refractivity contribution is 8.01. The Balaban J connectivity index is 1.54. The molecule has 1 atom stereocenters. The van der Waals surface area contributed by atoms with Gasteiger partial charge in [-0.15, -0.1) is 0 Å². The Bertz CT molecular complexity index is 1320. The zero-order chi connectivity index (χ0) is 25.7. The van der Waals surface area contributed by atoms with Gasteiger partial charge in [0, 0.05) is 24.2 Å². The Kier molecular flexibility index (Phi) is 7.87. The first kappa shape index (κ1) is 25.2. The SMILES string of the molecule is C=CC(=O)N1CCN(C(=O)c2cc(Sc3cnc(Nc4ccccn4)s3)c(C)cc2OC)C[C@H]1C#N. The zero-order valence-corrected chi connectivity index (χ0v) is 21.4. The quantitative estimate of drug-likeness (QED) is 0.463. The molecule has 0 radical (unpaired) electrons. The number of carbonyl (C=O) groups is 2. The summed E-state index contributed by atoms with van der Waals surface area (Å²) < 4.78 is 6.46. The molecule has 1 aliphatic rings. The van der Waals surface area contributed by atoms with Crippen LogP contribution in [0.1, 0.15) is 15.9 Å². The minimum atomic E-state index is -0.735. The number of amides is 2. The Morgan fingerprint density at radius 1 is 1.33 bits per heavy atom. The standard InChI is InChI=1S/C25H24N6O3S2/c1-4-22(32)31-10-9-30(15-17(31)13-26)24(33)18-12-20(16(2)11-19(18)34-3)35-23-14-28-25(36-23)29-21-7-5-6-8-27-21/h4-8,11-12,14,17H,1,9-10,15H2,2-3H3,(H,27,28,29)/t17-/m1/s1. The second-order valence-corrected chi connectivity index (χ2v) is 10.2. The monoisotopic (exact) mass is 520 g/mol. The number of nitrogens with zero attached hydrogens (tertiary/aromatic N) is 5. The number of pyridine rings is 1. The molecule has 36 heavy (non-hydrogen) atoms. The van der Waals surface area contributed by atoms with E-state index in [1.165, 1.54) is 41.2 Å². The van der Waals surface area contributed by atoms with Crippen LogP contribution in [0.25, 0.3) is 0 Å². The van der Waals surface area contributed by atoms with Crippen LogP contribution < -0.4 is 10.1 Å². The minimum absolute atomic E-state index is 0.117. The van der Waals surface area contributed by atoms with E-state index in [0.717, 1.165) is 14.7 Å². The molecule has 4 rings (SSSR count). The molecule has 0 aliphatic carbocycles. The Morgan fingerprint density at radius 2 is 2.17 bits per heavy atom. The minimum Gasteiger partial charge on any atom is -0.496 e. The van der Waals surface area contributed by atoms with E-state index in [1.54, 1.807) is 17.3 Å². The van der Waals surface area contributed by atoms with Crippen molar-refractivity contribution in [3.8, 4) is 11.8 Å². The Morgan fingerprint density at radius 3 is 2.86 bits per heavy atom. The first-order valence-electron chi connectivity index (χ1n) is 11.1. The van der Waals surface area contributed by atoms with Gasteiger partial charge in [0.05, 0.1) is 35.7 Å². The van der Waals surface area contributed by atoms with Crippen molar-refractivity contribution in [2.45, 2.75) is 22.1 Å². The number of anilines is 2. The molecule has 1 fully saturated rings. The van der Waals surface area contributed by atoms with Crippen LogP contribution >= 0.6 is 23.1 Å². The summed E-state index contributed by atoms with van der Waals surface area (Å²) >= 11 is 2.99. The number of methoxy groups -OCH3 is 1. The van der Waals surface area contributed by atoms with Gasteiger partial charge >= 0.3 is 0 Å². The number of hydrogen-bond donors (Lipinski definition) is 1. The molecule has 0 saturated carbocycles. The number of rotatable bonds is 7. The number of carbonyl (C=O) groups excluding carboxylic acids is 2. The van der Waals surface area contributed by atoms with Gasteiger partial charge in [-0.25, -0.2) is 9.97 Å². The van der Waals surface area contributed by atoms with E-state index in [4.69, 9.17) is 4.74 Å². The first-order valence-corrected chi connectivity index (χ1v) is 12.7. The fourth-order valence-corrected chi connectivity index (χ4v) is 5.70. The topological polar surface area (TPSA) is 111 Å². The van der Waals surface area contributed by atoms with Crippen LogP contribution in [0.5, 0.6) is 5.75 Å². The zero-order valence-electron chi connectivity index (χ0n) is 19.8. The number of benzene rings is 1. The molecule has 0 bridgehead atoms. The molecule has 184 valence electrons. The average Bonchev–Trinajstić information content (AvgIpc) is 3.35. The van der Waals surface area contributed by atoms with Crippen LogP contribution in [0.2, 0.25) is 0 Å². The number of aromatic nitrogens is 2. The van der Waals surface area contributed by atoms with Gasteiger partial charge < -0.3 is 19.9 Å². The van der Waals surface area contributed by atoms with Gasteiger partial charge in [0.25, 0.3) is 5.91 Å². The van der Waals surface area contributed by atoms with E-state index in [-0.39, 0.29) is 24.9 Å². The highest BCUT2D eigenvalue weighted by atomic mass is 32.2. The molecule has 1 aromatic carbocycles. The largest absolute Gasteiger partial charge is 0.496 e. The molecular weight excluding hydrogens is 496 g/mol. The van der Waals surface area contributed by atoms with Crippen molar-refractivity contribution in [1.82, 2.24) is 19.8 Å². The summed E-state index contributed by atoms with van der Waals surface area (Å²) in [6.45, 7) is 6.14. The van der Waals surface area contributed by atoms with E-state index in [0.29, 0.717) is 28.8 Å². The van der Waals surface area contributed by atoms with Crippen LogP contribution in [-0.4, -0.2) is 64.4 Å². The molecule has 1 saturated heterocycles. The predicted molar refractivity (Wildman–Crippen MR) is 139 cm³/mol. The second kappa shape index (κ2) is 11.2. The van der Waals surface area contributed by atoms with Crippen LogP contribution in [0.3, 0.4) is 0 Å². The fraction of sp³-hybridized carbons (Fsp3) is 0.240. The Hall–Kier alpha value is -3.88. The molecule has 3 aromatic rings. The van der Waals surface area contributed by atoms with E-state index in [9.17, 15) is 14.9 Å². The van der Waals surface area contributed by atoms with Gasteiger partial charge in [0.15, 0.2) is 5.13 Å². The molecule has 2 aromatic heterocycles. The second-order valence-electron chi connectivity index (χ2n) is 7.88. The van der Waals surface area contributed by atoms with Crippen molar-refractivity contribution in [2.24, 2.45) is 0 Å². The summed E-state index contributed by atoms with van der Waals surface area (Å²) in [4.78, 5) is 38.1. The van der Waals surface area contributed by atoms with Gasteiger partial charge in [-0.05, 0) is 42.8 Å². The van der Waals surface area contributed by atoms with E-state index in [1.807, 2.05) is 37.3 Å².